The maximum Gasteiger partial charge on any atom is 0.309 e. The van der Waals surface area contributed by atoms with Crippen LogP contribution < -0.4 is 4.74 Å². The molecular weight excluding hydrogens is 414 g/mol. The van der Waals surface area contributed by atoms with Crippen LogP contribution in [0, 0.1) is 12.8 Å². The van der Waals surface area contributed by atoms with Gasteiger partial charge in [-0.3, -0.25) is 4.79 Å². The van der Waals surface area contributed by atoms with Crippen LogP contribution in [0.15, 0.2) is 52.7 Å². The second-order valence-electron chi connectivity index (χ2n) is 9.15. The molecule has 5 heteroatoms. The summed E-state index contributed by atoms with van der Waals surface area (Å²) in [5.41, 5.74) is 5.86. The number of aliphatic imine (C=N–C) groups is 1. The van der Waals surface area contributed by atoms with Crippen LogP contribution in [0.3, 0.4) is 0 Å². The lowest BCUT2D eigenvalue weighted by Gasteiger charge is -2.22. The first kappa shape index (κ1) is 23.3. The van der Waals surface area contributed by atoms with Crippen LogP contribution in [0.25, 0.3) is 0 Å². The van der Waals surface area contributed by atoms with Crippen molar-refractivity contribution >= 4 is 11.9 Å². The molecule has 0 radical (unpaired) electrons. The quantitative estimate of drug-likeness (QED) is 0.459. The maximum atomic E-state index is 12.3. The molecule has 3 unspecified atom stereocenters. The summed E-state index contributed by atoms with van der Waals surface area (Å²) in [7, 11) is 1.48. The first-order valence-corrected chi connectivity index (χ1v) is 12.2. The number of methoxy groups -OCH3 is 1. The Morgan fingerprint density at radius 2 is 2.15 bits per heavy atom. The molecule has 3 aliphatic rings. The van der Waals surface area contributed by atoms with E-state index in [0.717, 1.165) is 67.0 Å². The van der Waals surface area contributed by atoms with E-state index in [1.54, 1.807) is 0 Å². The molecule has 4 rings (SSSR count). The monoisotopic (exact) mass is 449 g/mol. The summed E-state index contributed by atoms with van der Waals surface area (Å²) in [6.07, 6.45) is 13.9. The highest BCUT2D eigenvalue weighted by Crippen LogP contribution is 2.42. The van der Waals surface area contributed by atoms with E-state index in [9.17, 15) is 4.79 Å². The molecule has 3 atom stereocenters. The highest BCUT2D eigenvalue weighted by atomic mass is 16.5. The van der Waals surface area contributed by atoms with Gasteiger partial charge in [0, 0.05) is 17.7 Å². The minimum atomic E-state index is -0.104. The normalized spacial score (nSPS) is 22.5. The summed E-state index contributed by atoms with van der Waals surface area (Å²) in [5.74, 6) is 1.72. The number of nitrogens with zero attached hydrogens (tertiary/aromatic N) is 1. The van der Waals surface area contributed by atoms with E-state index in [1.165, 1.54) is 18.2 Å². The van der Waals surface area contributed by atoms with E-state index in [1.807, 2.05) is 6.92 Å². The molecule has 2 aliphatic carbocycles. The Bertz CT molecular complexity index is 1020. The fraction of sp³-hybridized carbons (Fsp3) is 0.500. The van der Waals surface area contributed by atoms with Crippen molar-refractivity contribution in [2.75, 3.05) is 13.7 Å². The van der Waals surface area contributed by atoms with Gasteiger partial charge >= 0.3 is 5.97 Å². The summed E-state index contributed by atoms with van der Waals surface area (Å²) in [4.78, 5) is 17.0. The van der Waals surface area contributed by atoms with Crippen molar-refractivity contribution in [1.82, 2.24) is 0 Å². The zero-order valence-corrected chi connectivity index (χ0v) is 20.2. The van der Waals surface area contributed by atoms with Crippen LogP contribution in [0.5, 0.6) is 5.75 Å². The molecular formula is C28H35NO4. The first-order chi connectivity index (χ1) is 16.0. The van der Waals surface area contributed by atoms with E-state index in [0.29, 0.717) is 6.61 Å². The van der Waals surface area contributed by atoms with Gasteiger partial charge in [0.15, 0.2) is 0 Å². The van der Waals surface area contributed by atoms with E-state index in [-0.39, 0.29) is 23.9 Å². The van der Waals surface area contributed by atoms with E-state index < -0.39 is 0 Å². The molecule has 176 valence electrons. The zero-order chi connectivity index (χ0) is 23.4. The molecule has 0 amide bonds. The van der Waals surface area contributed by atoms with Gasteiger partial charge in [0.05, 0.1) is 19.6 Å². The van der Waals surface area contributed by atoms with Gasteiger partial charge in [0.2, 0.25) is 5.90 Å². The Kier molecular flexibility index (Phi) is 7.36. The average Bonchev–Trinajstić information content (AvgIpc) is 3.22. The van der Waals surface area contributed by atoms with Gasteiger partial charge in [0.25, 0.3) is 0 Å². The highest BCUT2D eigenvalue weighted by Gasteiger charge is 2.34. The van der Waals surface area contributed by atoms with E-state index in [2.05, 4.69) is 50.3 Å². The minimum absolute atomic E-state index is 0.0132. The van der Waals surface area contributed by atoms with Gasteiger partial charge in [0.1, 0.15) is 11.9 Å². The number of carbonyl (C=O) groups excluding carboxylic acids is 1. The largest absolute Gasteiger partial charge is 0.493 e. The van der Waals surface area contributed by atoms with Crippen molar-refractivity contribution < 1.29 is 19.0 Å². The lowest BCUT2D eigenvalue weighted by atomic mass is 9.85. The number of allylic oxidation sites excluding steroid dienone is 3. The summed E-state index contributed by atoms with van der Waals surface area (Å²) in [6.45, 7) is 6.76. The Labute approximate surface area is 197 Å². The molecule has 1 aliphatic heterocycles. The van der Waals surface area contributed by atoms with Crippen molar-refractivity contribution in [2.45, 2.75) is 71.3 Å². The average molecular weight is 450 g/mol. The minimum Gasteiger partial charge on any atom is -0.493 e. The summed E-state index contributed by atoms with van der Waals surface area (Å²) in [6, 6.07) is 4.38. The fourth-order valence-electron chi connectivity index (χ4n) is 5.13. The summed E-state index contributed by atoms with van der Waals surface area (Å²) in [5, 5.41) is 0. The molecule has 0 spiro atoms. The SMILES string of the molecule is CCC(C(=O)OC)C1CCc2cc(OCCC3=CC(C)OC(C4=CC=CCC4)=N3)c(C)cc21. The number of esters is 1. The molecule has 0 fully saturated rings. The number of hydrogen-bond donors (Lipinski definition) is 0. The first-order valence-electron chi connectivity index (χ1n) is 12.2. The van der Waals surface area contributed by atoms with Crippen molar-refractivity contribution in [2.24, 2.45) is 10.9 Å². The van der Waals surface area contributed by atoms with Gasteiger partial charge in [-0.2, -0.15) is 0 Å². The topological polar surface area (TPSA) is 57.1 Å². The number of aryl methyl sites for hydroxylation is 2. The second kappa shape index (κ2) is 10.4. The third-order valence-corrected chi connectivity index (χ3v) is 6.86. The van der Waals surface area contributed by atoms with Crippen molar-refractivity contribution in [3.05, 3.63) is 64.4 Å². The smallest absolute Gasteiger partial charge is 0.309 e. The zero-order valence-electron chi connectivity index (χ0n) is 20.2. The Morgan fingerprint density at radius 3 is 2.88 bits per heavy atom. The number of fused-ring (bicyclic) bond motifs is 1. The predicted octanol–water partition coefficient (Wildman–Crippen LogP) is 5.97. The van der Waals surface area contributed by atoms with E-state index >= 15 is 0 Å². The highest BCUT2D eigenvalue weighted by molar-refractivity contribution is 5.95. The third kappa shape index (κ3) is 5.23. The molecule has 0 saturated carbocycles. The van der Waals surface area contributed by atoms with Crippen molar-refractivity contribution in [1.29, 1.82) is 0 Å². The Morgan fingerprint density at radius 1 is 1.30 bits per heavy atom. The number of carbonyl (C=O) groups is 1. The van der Waals surface area contributed by atoms with Gasteiger partial charge in [-0.05, 0) is 80.7 Å². The predicted molar refractivity (Wildman–Crippen MR) is 131 cm³/mol. The standard InChI is InChI=1S/C28H35NO4/c1-5-23(28(30)31-4)24-12-11-21-17-26(18(2)15-25(21)24)32-14-13-22-16-19(3)33-27(29-22)20-9-7-6-8-10-20/h6-7,9,15-17,19,23-24H,5,8,10-14H2,1-4H3. The van der Waals surface area contributed by atoms with Crippen LogP contribution in [0.2, 0.25) is 0 Å². The van der Waals surface area contributed by atoms with Gasteiger partial charge in [-0.1, -0.05) is 31.2 Å². The van der Waals surface area contributed by atoms with Crippen molar-refractivity contribution in [3.63, 3.8) is 0 Å². The molecule has 0 aromatic heterocycles. The van der Waals surface area contributed by atoms with Gasteiger partial charge in [-0.15, -0.1) is 0 Å². The van der Waals surface area contributed by atoms with Crippen molar-refractivity contribution in [3.8, 4) is 5.75 Å². The van der Waals surface area contributed by atoms with Gasteiger partial charge < -0.3 is 14.2 Å². The summed E-state index contributed by atoms with van der Waals surface area (Å²) >= 11 is 0. The lowest BCUT2D eigenvalue weighted by Crippen LogP contribution is -2.22. The molecule has 0 N–H and O–H groups in total. The van der Waals surface area contributed by atoms with Crippen LogP contribution >= 0.6 is 0 Å². The molecule has 1 aromatic carbocycles. The number of benzene rings is 1. The number of ether oxygens (including phenoxy) is 3. The van der Waals surface area contributed by atoms with Crippen LogP contribution in [0.4, 0.5) is 0 Å². The Balaban J connectivity index is 1.41. The maximum absolute atomic E-state index is 12.3. The number of hydrogen-bond acceptors (Lipinski definition) is 5. The fourth-order valence-corrected chi connectivity index (χ4v) is 5.13. The van der Waals surface area contributed by atoms with Gasteiger partial charge in [-0.25, -0.2) is 4.99 Å². The third-order valence-electron chi connectivity index (χ3n) is 6.86. The lowest BCUT2D eigenvalue weighted by molar-refractivity contribution is -0.146. The molecule has 0 bridgehead atoms. The molecule has 1 aromatic rings. The van der Waals surface area contributed by atoms with Crippen LogP contribution in [-0.4, -0.2) is 31.7 Å². The Hall–Kier alpha value is -2.82. The molecule has 0 saturated heterocycles. The summed E-state index contributed by atoms with van der Waals surface area (Å²) < 4.78 is 17.2. The molecule has 5 nitrogen and oxygen atoms in total. The van der Waals surface area contributed by atoms with Crippen LogP contribution in [0.1, 0.15) is 68.6 Å². The molecule has 33 heavy (non-hydrogen) atoms. The van der Waals surface area contributed by atoms with E-state index in [4.69, 9.17) is 19.2 Å². The second-order valence-corrected chi connectivity index (χ2v) is 9.15. The van der Waals surface area contributed by atoms with Crippen LogP contribution in [-0.2, 0) is 20.7 Å². The molecule has 1 heterocycles. The number of rotatable bonds is 8.